The van der Waals surface area contributed by atoms with Crippen LogP contribution in [0, 0.1) is 6.92 Å². The van der Waals surface area contributed by atoms with Crippen molar-refractivity contribution in [3.8, 4) is 5.75 Å². The molecule has 2 heterocycles. The first-order valence-electron chi connectivity index (χ1n) is 8.74. The lowest BCUT2D eigenvalue weighted by Gasteiger charge is -2.30. The van der Waals surface area contributed by atoms with Crippen LogP contribution in [0.3, 0.4) is 0 Å². The van der Waals surface area contributed by atoms with Gasteiger partial charge in [0.05, 0.1) is 24.1 Å². The van der Waals surface area contributed by atoms with Gasteiger partial charge in [0.2, 0.25) is 10.0 Å². The number of nitrogens with zero attached hydrogens (tertiary/aromatic N) is 2. The van der Waals surface area contributed by atoms with E-state index in [0.29, 0.717) is 43.0 Å². The number of sulfonamides is 1. The maximum absolute atomic E-state index is 12.5. The summed E-state index contributed by atoms with van der Waals surface area (Å²) >= 11 is 0. The second kappa shape index (κ2) is 8.10. The number of ether oxygens (including phenoxy) is 1. The number of amides is 1. The fourth-order valence-electron chi connectivity index (χ4n) is 2.98. The molecule has 2 aromatic rings. The average molecular weight is 393 g/mol. The van der Waals surface area contributed by atoms with E-state index in [2.05, 4.69) is 10.5 Å². The predicted octanol–water partition coefficient (Wildman–Crippen LogP) is 1.72. The van der Waals surface area contributed by atoms with Crippen LogP contribution in [-0.4, -0.2) is 49.2 Å². The van der Waals surface area contributed by atoms with E-state index in [-0.39, 0.29) is 18.6 Å². The van der Waals surface area contributed by atoms with Crippen molar-refractivity contribution < 1.29 is 22.5 Å². The monoisotopic (exact) mass is 393 g/mol. The molecule has 1 N–H and O–H groups in total. The molecular formula is C18H23N3O5S. The topological polar surface area (TPSA) is 102 Å². The zero-order chi connectivity index (χ0) is 19.4. The van der Waals surface area contributed by atoms with Crippen LogP contribution in [0.15, 0.2) is 34.9 Å². The zero-order valence-corrected chi connectivity index (χ0v) is 16.2. The number of hydrogen-bond donors (Lipinski definition) is 1. The summed E-state index contributed by atoms with van der Waals surface area (Å²) < 4.78 is 35.8. The minimum atomic E-state index is -3.18. The van der Waals surface area contributed by atoms with Crippen molar-refractivity contribution in [1.29, 1.82) is 0 Å². The first-order chi connectivity index (χ1) is 12.8. The van der Waals surface area contributed by atoms with E-state index in [9.17, 15) is 13.2 Å². The maximum atomic E-state index is 12.5. The van der Waals surface area contributed by atoms with Crippen LogP contribution >= 0.6 is 0 Å². The molecule has 1 aromatic heterocycles. The molecule has 1 aliphatic rings. The SMILES string of the molecule is Cc1cc(CNC(=O)c2ccccc2OC2CCN(S(C)(=O)=O)CC2)on1. The average Bonchev–Trinajstić information content (AvgIpc) is 3.05. The van der Waals surface area contributed by atoms with Gasteiger partial charge in [-0.15, -0.1) is 0 Å². The molecule has 1 amide bonds. The van der Waals surface area contributed by atoms with Gasteiger partial charge in [0.15, 0.2) is 5.76 Å². The summed E-state index contributed by atoms with van der Waals surface area (Å²) in [6.07, 6.45) is 2.25. The van der Waals surface area contributed by atoms with Crippen LogP contribution < -0.4 is 10.1 Å². The van der Waals surface area contributed by atoms with E-state index in [1.807, 2.05) is 6.92 Å². The molecule has 0 spiro atoms. The molecule has 0 saturated carbocycles. The van der Waals surface area contributed by atoms with Gasteiger partial charge in [-0.2, -0.15) is 0 Å². The Bertz CT molecular complexity index is 901. The Morgan fingerprint density at radius 3 is 2.67 bits per heavy atom. The summed E-state index contributed by atoms with van der Waals surface area (Å²) in [5.41, 5.74) is 1.18. The molecule has 0 unspecified atom stereocenters. The molecule has 0 aliphatic carbocycles. The summed E-state index contributed by atoms with van der Waals surface area (Å²) in [7, 11) is -3.18. The van der Waals surface area contributed by atoms with Gasteiger partial charge < -0.3 is 14.6 Å². The van der Waals surface area contributed by atoms with Crippen LogP contribution in [0.2, 0.25) is 0 Å². The Hall–Kier alpha value is -2.39. The van der Waals surface area contributed by atoms with E-state index < -0.39 is 10.0 Å². The minimum absolute atomic E-state index is 0.131. The Morgan fingerprint density at radius 2 is 2.04 bits per heavy atom. The minimum Gasteiger partial charge on any atom is -0.489 e. The van der Waals surface area contributed by atoms with Gasteiger partial charge in [-0.1, -0.05) is 17.3 Å². The van der Waals surface area contributed by atoms with E-state index >= 15 is 0 Å². The first-order valence-corrected chi connectivity index (χ1v) is 10.6. The van der Waals surface area contributed by atoms with Gasteiger partial charge >= 0.3 is 0 Å². The Kier molecular flexibility index (Phi) is 5.81. The normalized spacial score (nSPS) is 16.2. The summed E-state index contributed by atoms with van der Waals surface area (Å²) in [6, 6.07) is 8.78. The van der Waals surface area contributed by atoms with E-state index in [1.54, 1.807) is 30.3 Å². The zero-order valence-electron chi connectivity index (χ0n) is 15.3. The van der Waals surface area contributed by atoms with Crippen molar-refractivity contribution in [2.24, 2.45) is 0 Å². The molecule has 9 heteroatoms. The van der Waals surface area contributed by atoms with Crippen LogP contribution in [0.25, 0.3) is 0 Å². The van der Waals surface area contributed by atoms with E-state index in [0.717, 1.165) is 5.69 Å². The highest BCUT2D eigenvalue weighted by molar-refractivity contribution is 7.88. The number of aromatic nitrogens is 1. The van der Waals surface area contributed by atoms with Crippen LogP contribution in [0.4, 0.5) is 0 Å². The number of piperidine rings is 1. The largest absolute Gasteiger partial charge is 0.489 e. The quantitative estimate of drug-likeness (QED) is 0.802. The van der Waals surface area contributed by atoms with E-state index in [1.165, 1.54) is 10.6 Å². The fourth-order valence-corrected chi connectivity index (χ4v) is 3.85. The standard InChI is InChI=1S/C18H23N3O5S/c1-13-11-15(26-20-13)12-19-18(22)16-5-3-4-6-17(16)25-14-7-9-21(10-8-14)27(2,23)24/h3-6,11,14H,7-10,12H2,1-2H3,(H,19,22). The lowest BCUT2D eigenvalue weighted by Crippen LogP contribution is -2.41. The van der Waals surface area contributed by atoms with Crippen LogP contribution in [0.1, 0.15) is 34.7 Å². The lowest BCUT2D eigenvalue weighted by molar-refractivity contribution is 0.0932. The third-order valence-electron chi connectivity index (χ3n) is 4.40. The third-order valence-corrected chi connectivity index (χ3v) is 5.70. The number of hydrogen-bond acceptors (Lipinski definition) is 6. The molecule has 146 valence electrons. The Morgan fingerprint density at radius 1 is 1.33 bits per heavy atom. The molecule has 27 heavy (non-hydrogen) atoms. The van der Waals surface area contributed by atoms with Crippen molar-refractivity contribution in [1.82, 2.24) is 14.8 Å². The van der Waals surface area contributed by atoms with Crippen molar-refractivity contribution in [3.05, 3.63) is 47.3 Å². The predicted molar refractivity (Wildman–Crippen MR) is 98.9 cm³/mol. The number of benzene rings is 1. The summed E-state index contributed by atoms with van der Waals surface area (Å²) in [5.74, 6) is 0.794. The van der Waals surface area contributed by atoms with Gasteiger partial charge in [-0.25, -0.2) is 12.7 Å². The summed E-state index contributed by atoms with van der Waals surface area (Å²) in [5, 5.41) is 6.58. The number of rotatable bonds is 6. The van der Waals surface area contributed by atoms with Gasteiger partial charge in [-0.05, 0) is 31.9 Å². The smallest absolute Gasteiger partial charge is 0.255 e. The molecule has 1 saturated heterocycles. The number of para-hydroxylation sites is 1. The highest BCUT2D eigenvalue weighted by atomic mass is 32.2. The molecule has 0 atom stereocenters. The Labute approximate surface area is 158 Å². The van der Waals surface area contributed by atoms with Gasteiger partial charge in [0, 0.05) is 19.2 Å². The van der Waals surface area contributed by atoms with Crippen LogP contribution in [-0.2, 0) is 16.6 Å². The van der Waals surface area contributed by atoms with Gasteiger partial charge in [0.25, 0.3) is 5.91 Å². The maximum Gasteiger partial charge on any atom is 0.255 e. The molecule has 0 bridgehead atoms. The molecule has 1 aromatic carbocycles. The fraction of sp³-hybridized carbons (Fsp3) is 0.444. The Balaban J connectivity index is 1.61. The van der Waals surface area contributed by atoms with Crippen molar-refractivity contribution in [2.45, 2.75) is 32.4 Å². The highest BCUT2D eigenvalue weighted by Gasteiger charge is 2.26. The lowest BCUT2D eigenvalue weighted by atomic mass is 10.1. The number of carbonyl (C=O) groups excluding carboxylic acids is 1. The molecule has 8 nitrogen and oxygen atoms in total. The van der Waals surface area contributed by atoms with Crippen LogP contribution in [0.5, 0.6) is 5.75 Å². The third kappa shape index (κ3) is 5.08. The van der Waals surface area contributed by atoms with Crippen molar-refractivity contribution >= 4 is 15.9 Å². The molecule has 3 rings (SSSR count). The van der Waals surface area contributed by atoms with E-state index in [4.69, 9.17) is 9.26 Å². The van der Waals surface area contributed by atoms with Crippen molar-refractivity contribution in [3.63, 3.8) is 0 Å². The highest BCUT2D eigenvalue weighted by Crippen LogP contribution is 2.24. The molecular weight excluding hydrogens is 370 g/mol. The number of carbonyl (C=O) groups is 1. The molecule has 1 aliphatic heterocycles. The number of nitrogens with one attached hydrogen (secondary N) is 1. The second-order valence-corrected chi connectivity index (χ2v) is 8.58. The number of aryl methyl sites for hydroxylation is 1. The van der Waals surface area contributed by atoms with Gasteiger partial charge in [-0.3, -0.25) is 4.79 Å². The van der Waals surface area contributed by atoms with Gasteiger partial charge in [0.1, 0.15) is 11.9 Å². The summed E-state index contributed by atoms with van der Waals surface area (Å²) in [4.78, 5) is 12.5. The van der Waals surface area contributed by atoms with Crippen molar-refractivity contribution in [2.75, 3.05) is 19.3 Å². The summed E-state index contributed by atoms with van der Waals surface area (Å²) in [6.45, 7) is 2.89. The molecule has 1 fully saturated rings. The molecule has 0 radical (unpaired) electrons. The second-order valence-electron chi connectivity index (χ2n) is 6.59. The first kappa shape index (κ1) is 19.4.